The van der Waals surface area contributed by atoms with Crippen molar-refractivity contribution in [3.63, 3.8) is 0 Å². The summed E-state index contributed by atoms with van der Waals surface area (Å²) < 4.78 is 12.1. The number of aromatic nitrogens is 4. The van der Waals surface area contributed by atoms with Crippen molar-refractivity contribution in [1.29, 1.82) is 0 Å². The standard InChI is InChI=1S/C28H29N7O7S/c1-28(2,3)42-27(38)33-13-11-18(12-14-33)34-24-19(15-29-34)23(32-25(36)20-9-10-21(43-20)35(39)40)30-22(31-24)16-5-7-17(8-6-16)26(37)41-4/h5-10,15,18H,11-14H2,1-4H3,(H,30,31,32,36). The van der Waals surface area contributed by atoms with Gasteiger partial charge in [0, 0.05) is 24.7 Å². The third-order valence-electron chi connectivity index (χ3n) is 6.71. The summed E-state index contributed by atoms with van der Waals surface area (Å²) in [6.45, 7) is 6.40. The summed E-state index contributed by atoms with van der Waals surface area (Å²) in [7, 11) is 1.30. The molecule has 0 bridgehead atoms. The van der Waals surface area contributed by atoms with E-state index >= 15 is 0 Å². The van der Waals surface area contributed by atoms with E-state index in [4.69, 9.17) is 14.5 Å². The van der Waals surface area contributed by atoms with E-state index in [2.05, 4.69) is 15.4 Å². The number of fused-ring (bicyclic) bond motifs is 1. The monoisotopic (exact) mass is 607 g/mol. The molecule has 43 heavy (non-hydrogen) atoms. The minimum atomic E-state index is -0.594. The molecule has 14 nitrogen and oxygen atoms in total. The van der Waals surface area contributed by atoms with E-state index in [0.29, 0.717) is 48.1 Å². The summed E-state index contributed by atoms with van der Waals surface area (Å²) in [6.07, 6.45) is 2.40. The van der Waals surface area contributed by atoms with Crippen LogP contribution < -0.4 is 5.32 Å². The first-order chi connectivity index (χ1) is 20.4. The summed E-state index contributed by atoms with van der Waals surface area (Å²) in [5, 5.41) is 18.8. The lowest BCUT2D eigenvalue weighted by Crippen LogP contribution is -2.42. The largest absolute Gasteiger partial charge is 0.465 e. The van der Waals surface area contributed by atoms with Crippen molar-refractivity contribution in [3.8, 4) is 11.4 Å². The highest BCUT2D eigenvalue weighted by atomic mass is 32.1. The Morgan fingerprint density at radius 3 is 2.37 bits per heavy atom. The predicted octanol–water partition coefficient (Wildman–Crippen LogP) is 5.07. The molecular weight excluding hydrogens is 578 g/mol. The molecule has 3 aromatic heterocycles. The average Bonchev–Trinajstić information content (AvgIpc) is 3.64. The number of piperidine rings is 1. The fourth-order valence-corrected chi connectivity index (χ4v) is 5.34. The number of nitrogens with zero attached hydrogens (tertiary/aromatic N) is 6. The third kappa shape index (κ3) is 6.45. The zero-order valence-electron chi connectivity index (χ0n) is 23.9. The molecule has 224 valence electrons. The van der Waals surface area contributed by atoms with Crippen molar-refractivity contribution in [3.05, 3.63) is 63.1 Å². The summed E-state index contributed by atoms with van der Waals surface area (Å²) in [6, 6.07) is 9.06. The van der Waals surface area contributed by atoms with Gasteiger partial charge in [0.05, 0.1) is 40.1 Å². The molecule has 0 saturated carbocycles. The minimum absolute atomic E-state index is 0.0934. The van der Waals surface area contributed by atoms with Gasteiger partial charge in [-0.1, -0.05) is 23.5 Å². The van der Waals surface area contributed by atoms with Gasteiger partial charge in [0.15, 0.2) is 11.5 Å². The van der Waals surface area contributed by atoms with Gasteiger partial charge in [0.1, 0.15) is 11.4 Å². The number of rotatable bonds is 6. The van der Waals surface area contributed by atoms with Crippen molar-refractivity contribution in [2.24, 2.45) is 0 Å². The first-order valence-electron chi connectivity index (χ1n) is 13.4. The molecule has 4 heterocycles. The molecule has 1 saturated heterocycles. The predicted molar refractivity (Wildman–Crippen MR) is 157 cm³/mol. The Kier molecular flexibility index (Phi) is 8.08. The zero-order chi connectivity index (χ0) is 30.9. The van der Waals surface area contributed by atoms with Gasteiger partial charge in [-0.3, -0.25) is 14.9 Å². The van der Waals surface area contributed by atoms with Gasteiger partial charge in [0.25, 0.3) is 5.91 Å². The van der Waals surface area contributed by atoms with Gasteiger partial charge < -0.3 is 19.7 Å². The number of benzene rings is 1. The number of hydrogen-bond donors (Lipinski definition) is 1. The lowest BCUT2D eigenvalue weighted by Gasteiger charge is -2.33. The van der Waals surface area contributed by atoms with E-state index in [1.54, 1.807) is 40.0 Å². The van der Waals surface area contributed by atoms with Crippen molar-refractivity contribution in [1.82, 2.24) is 24.6 Å². The number of hydrogen-bond acceptors (Lipinski definition) is 11. The highest BCUT2D eigenvalue weighted by Gasteiger charge is 2.29. The normalized spacial score (nSPS) is 14.0. The smallest absolute Gasteiger partial charge is 0.410 e. The van der Waals surface area contributed by atoms with E-state index in [9.17, 15) is 24.5 Å². The van der Waals surface area contributed by atoms with Crippen LogP contribution in [-0.2, 0) is 9.47 Å². The van der Waals surface area contributed by atoms with Crippen LogP contribution in [0.4, 0.5) is 15.6 Å². The second-order valence-corrected chi connectivity index (χ2v) is 11.9. The Hall–Kier alpha value is -4.92. The van der Waals surface area contributed by atoms with Gasteiger partial charge in [0.2, 0.25) is 0 Å². The third-order valence-corrected chi connectivity index (χ3v) is 7.74. The number of carbonyl (C=O) groups excluding carboxylic acids is 3. The highest BCUT2D eigenvalue weighted by Crippen LogP contribution is 2.32. The number of amides is 2. The molecule has 0 radical (unpaired) electrons. The first-order valence-corrected chi connectivity index (χ1v) is 14.2. The summed E-state index contributed by atoms with van der Waals surface area (Å²) in [4.78, 5) is 59.3. The second-order valence-electron chi connectivity index (χ2n) is 10.8. The van der Waals surface area contributed by atoms with Gasteiger partial charge in [-0.15, -0.1) is 0 Å². The molecule has 1 fully saturated rings. The van der Waals surface area contributed by atoms with Gasteiger partial charge in [-0.05, 0) is 51.8 Å². The van der Waals surface area contributed by atoms with Crippen LogP contribution in [0.3, 0.4) is 0 Å². The average molecular weight is 608 g/mol. The first kappa shape index (κ1) is 29.6. The van der Waals surface area contributed by atoms with Crippen molar-refractivity contribution in [2.75, 3.05) is 25.5 Å². The number of nitro groups is 1. The SMILES string of the molecule is COC(=O)c1ccc(-c2nc(NC(=O)c3ccc([N+](=O)[O-])s3)c3cnn(C4CCN(C(=O)OC(C)(C)C)CC4)c3n2)cc1. The van der Waals surface area contributed by atoms with Crippen LogP contribution in [-0.4, -0.2) is 73.3 Å². The van der Waals surface area contributed by atoms with Gasteiger partial charge in [-0.25, -0.2) is 24.2 Å². The Morgan fingerprint density at radius 1 is 1.07 bits per heavy atom. The maximum absolute atomic E-state index is 13.1. The number of esters is 1. The van der Waals surface area contributed by atoms with Crippen LogP contribution in [0.2, 0.25) is 0 Å². The molecule has 5 rings (SSSR count). The van der Waals surface area contributed by atoms with Gasteiger partial charge >= 0.3 is 17.1 Å². The van der Waals surface area contributed by atoms with Crippen LogP contribution in [0.25, 0.3) is 22.4 Å². The Balaban J connectivity index is 1.48. The van der Waals surface area contributed by atoms with Crippen LogP contribution >= 0.6 is 11.3 Å². The molecule has 4 aromatic rings. The minimum Gasteiger partial charge on any atom is -0.465 e. The fraction of sp³-hybridized carbons (Fsp3) is 0.357. The van der Waals surface area contributed by atoms with E-state index in [1.165, 1.54) is 19.2 Å². The Morgan fingerprint density at radius 2 is 1.77 bits per heavy atom. The number of nitrogens with one attached hydrogen (secondary N) is 1. The molecule has 1 aliphatic heterocycles. The van der Waals surface area contributed by atoms with Crippen molar-refractivity contribution < 1.29 is 28.8 Å². The molecule has 0 spiro atoms. The number of carbonyl (C=O) groups is 3. The summed E-state index contributed by atoms with van der Waals surface area (Å²) in [5.41, 5.74) is 0.792. The van der Waals surface area contributed by atoms with Crippen LogP contribution in [0.15, 0.2) is 42.6 Å². The summed E-state index contributed by atoms with van der Waals surface area (Å²) >= 11 is 0.753. The fourth-order valence-electron chi connectivity index (χ4n) is 4.63. The Labute approximate surface area is 249 Å². The molecule has 1 aromatic carbocycles. The molecular formula is C28H29N7O7S. The number of anilines is 1. The van der Waals surface area contributed by atoms with Crippen LogP contribution in [0.1, 0.15) is 59.7 Å². The highest BCUT2D eigenvalue weighted by molar-refractivity contribution is 7.17. The maximum atomic E-state index is 13.1. The number of thiophene rings is 1. The van der Waals surface area contributed by atoms with Crippen molar-refractivity contribution >= 4 is 51.2 Å². The topological polar surface area (TPSA) is 172 Å². The number of methoxy groups -OCH3 is 1. The summed E-state index contributed by atoms with van der Waals surface area (Å²) in [5.74, 6) is -0.611. The van der Waals surface area contributed by atoms with Gasteiger partial charge in [-0.2, -0.15) is 5.10 Å². The van der Waals surface area contributed by atoms with E-state index < -0.39 is 22.4 Å². The van der Waals surface area contributed by atoms with Crippen LogP contribution in [0, 0.1) is 10.1 Å². The molecule has 1 N–H and O–H groups in total. The molecule has 15 heteroatoms. The van der Waals surface area contributed by atoms with E-state index in [1.807, 2.05) is 20.8 Å². The van der Waals surface area contributed by atoms with Crippen molar-refractivity contribution in [2.45, 2.75) is 45.3 Å². The second kappa shape index (κ2) is 11.8. The molecule has 0 unspecified atom stereocenters. The number of likely N-dealkylation sites (tertiary alicyclic amines) is 1. The number of ether oxygens (including phenoxy) is 2. The molecule has 1 aliphatic rings. The molecule has 0 atom stereocenters. The zero-order valence-corrected chi connectivity index (χ0v) is 24.7. The lowest BCUT2D eigenvalue weighted by molar-refractivity contribution is -0.380. The molecule has 0 aliphatic carbocycles. The molecule has 2 amide bonds. The Bertz CT molecular complexity index is 1700. The van der Waals surface area contributed by atoms with E-state index in [0.717, 1.165) is 11.3 Å². The van der Waals surface area contributed by atoms with Crippen LogP contribution in [0.5, 0.6) is 0 Å². The lowest BCUT2D eigenvalue weighted by atomic mass is 10.1. The maximum Gasteiger partial charge on any atom is 0.410 e. The quantitative estimate of drug-likeness (QED) is 0.177. The van der Waals surface area contributed by atoms with E-state index in [-0.39, 0.29) is 33.7 Å².